The zero-order valence-corrected chi connectivity index (χ0v) is 11.6. The van der Waals surface area contributed by atoms with Crippen molar-refractivity contribution in [2.75, 3.05) is 18.1 Å². The first-order valence-corrected chi connectivity index (χ1v) is 6.33. The fourth-order valence-electron chi connectivity index (χ4n) is 1.68. The molecule has 4 N–H and O–H groups in total. The number of diazo groups is 2. The molecule has 0 bridgehead atoms. The summed E-state index contributed by atoms with van der Waals surface area (Å²) < 4.78 is 10.8. The molecule has 0 aliphatic carbocycles. The van der Waals surface area contributed by atoms with Crippen LogP contribution in [0.3, 0.4) is 0 Å². The SMILES string of the molecule is N#[N+]C(COc1ccccc1N)([N+]#N)Oc1ccccc1N. The number of para-hydroxylation sites is 4. The Balaban J connectivity index is 2.19. The Bertz CT molecular complexity index is 735. The van der Waals surface area contributed by atoms with Gasteiger partial charge in [0.05, 0.1) is 11.4 Å². The van der Waals surface area contributed by atoms with Crippen LogP contribution in [0.2, 0.25) is 0 Å². The number of hydrogen-bond donors (Lipinski definition) is 2. The molecular formula is C14H14N6O2+2. The van der Waals surface area contributed by atoms with Gasteiger partial charge < -0.3 is 20.9 Å². The summed E-state index contributed by atoms with van der Waals surface area (Å²) in [6.07, 6.45) is 0. The lowest BCUT2D eigenvalue weighted by Gasteiger charge is -2.08. The van der Waals surface area contributed by atoms with Gasteiger partial charge in [0.1, 0.15) is 5.75 Å². The molecule has 0 amide bonds. The predicted octanol–water partition coefficient (Wildman–Crippen LogP) is 2.67. The standard InChI is InChI=1S/C14H14N6O2/c15-10-5-1-3-7-12(10)21-9-14(19-17,20-18)22-13-8-4-2-6-11(13)16/h1-8H,9,15-16H2/q+2. The molecule has 0 aliphatic heterocycles. The number of nitrogens with zero attached hydrogens (tertiary/aromatic N) is 4. The minimum absolute atomic E-state index is 0.183. The minimum atomic E-state index is -2.07. The molecule has 110 valence electrons. The van der Waals surface area contributed by atoms with Crippen LogP contribution in [0, 0.1) is 10.8 Å². The normalized spacial score (nSPS) is 10.3. The van der Waals surface area contributed by atoms with E-state index < -0.39 is 12.5 Å². The third-order valence-electron chi connectivity index (χ3n) is 2.84. The third-order valence-corrected chi connectivity index (χ3v) is 2.84. The largest absolute Gasteiger partial charge is 0.837 e. The Morgan fingerprint density at radius 2 is 1.36 bits per heavy atom. The van der Waals surface area contributed by atoms with Crippen molar-refractivity contribution in [3.05, 3.63) is 58.5 Å². The monoisotopic (exact) mass is 298 g/mol. The molecule has 8 nitrogen and oxygen atoms in total. The van der Waals surface area contributed by atoms with E-state index in [0.717, 1.165) is 0 Å². The molecule has 2 aromatic rings. The molecule has 2 aromatic carbocycles. The van der Waals surface area contributed by atoms with Crippen molar-refractivity contribution in [3.8, 4) is 11.5 Å². The van der Waals surface area contributed by atoms with Crippen LogP contribution in [-0.2, 0) is 0 Å². The fourth-order valence-corrected chi connectivity index (χ4v) is 1.68. The Kier molecular flexibility index (Phi) is 4.25. The van der Waals surface area contributed by atoms with E-state index in [4.69, 9.17) is 20.9 Å². The molecular weight excluding hydrogens is 284 g/mol. The Morgan fingerprint density at radius 3 is 1.86 bits per heavy atom. The predicted molar refractivity (Wildman–Crippen MR) is 80.7 cm³/mol. The lowest BCUT2D eigenvalue weighted by atomic mass is 10.3. The van der Waals surface area contributed by atoms with Crippen molar-refractivity contribution in [1.29, 1.82) is 10.8 Å². The van der Waals surface area contributed by atoms with E-state index in [1.54, 1.807) is 42.5 Å². The van der Waals surface area contributed by atoms with Crippen molar-refractivity contribution in [2.24, 2.45) is 0 Å². The minimum Gasteiger partial charge on any atom is -0.469 e. The average molecular weight is 298 g/mol. The number of nitrogen functional groups attached to an aromatic ring is 2. The molecule has 2 rings (SSSR count). The lowest BCUT2D eigenvalue weighted by molar-refractivity contribution is 0.0942. The molecule has 0 saturated heterocycles. The first kappa shape index (κ1) is 14.9. The van der Waals surface area contributed by atoms with Crippen molar-refractivity contribution >= 4 is 11.4 Å². The zero-order valence-electron chi connectivity index (χ0n) is 11.6. The van der Waals surface area contributed by atoms with Crippen LogP contribution in [0.1, 0.15) is 0 Å². The van der Waals surface area contributed by atoms with Gasteiger partial charge >= 0.3 is 12.5 Å². The first-order chi connectivity index (χ1) is 10.6. The molecule has 22 heavy (non-hydrogen) atoms. The average Bonchev–Trinajstić information content (AvgIpc) is 2.55. The highest BCUT2D eigenvalue weighted by Gasteiger charge is 2.66. The van der Waals surface area contributed by atoms with Crippen molar-refractivity contribution in [2.45, 2.75) is 5.85 Å². The summed E-state index contributed by atoms with van der Waals surface area (Å²) in [5.74, 6) is -1.55. The second-order valence-corrected chi connectivity index (χ2v) is 4.41. The molecule has 0 unspecified atom stereocenters. The van der Waals surface area contributed by atoms with Crippen LogP contribution in [0.4, 0.5) is 11.4 Å². The molecule has 0 radical (unpaired) electrons. The van der Waals surface area contributed by atoms with Gasteiger partial charge in [0.15, 0.2) is 5.75 Å². The van der Waals surface area contributed by atoms with E-state index in [0.29, 0.717) is 17.1 Å². The second kappa shape index (κ2) is 6.29. The first-order valence-electron chi connectivity index (χ1n) is 6.33. The highest BCUT2D eigenvalue weighted by Crippen LogP contribution is 2.28. The topological polar surface area (TPSA) is 127 Å². The molecule has 8 heteroatoms. The van der Waals surface area contributed by atoms with Crippen molar-refractivity contribution in [1.82, 2.24) is 0 Å². The summed E-state index contributed by atoms with van der Waals surface area (Å²) in [6.45, 7) is -0.414. The number of anilines is 2. The van der Waals surface area contributed by atoms with Gasteiger partial charge in [-0.15, -0.1) is 0 Å². The van der Waals surface area contributed by atoms with Crippen LogP contribution in [-0.4, -0.2) is 12.5 Å². The van der Waals surface area contributed by atoms with E-state index in [2.05, 4.69) is 9.95 Å². The molecule has 0 aliphatic rings. The lowest BCUT2D eigenvalue weighted by Crippen LogP contribution is -2.35. The second-order valence-electron chi connectivity index (χ2n) is 4.41. The summed E-state index contributed by atoms with van der Waals surface area (Å²) in [5.41, 5.74) is 12.1. The van der Waals surface area contributed by atoms with Crippen LogP contribution in [0.15, 0.2) is 48.5 Å². The summed E-state index contributed by atoms with van der Waals surface area (Å²) in [4.78, 5) is 5.92. The van der Waals surface area contributed by atoms with Crippen LogP contribution in [0.25, 0.3) is 9.95 Å². The maximum atomic E-state index is 9.17. The van der Waals surface area contributed by atoms with Crippen LogP contribution < -0.4 is 20.9 Å². The molecule has 0 spiro atoms. The number of rotatable bonds is 5. The highest BCUT2D eigenvalue weighted by molar-refractivity contribution is 5.53. The summed E-state index contributed by atoms with van der Waals surface area (Å²) in [7, 11) is 0. The highest BCUT2D eigenvalue weighted by atomic mass is 16.6. The van der Waals surface area contributed by atoms with Crippen LogP contribution in [0.5, 0.6) is 11.5 Å². The van der Waals surface area contributed by atoms with E-state index in [9.17, 15) is 10.8 Å². The Hall–Kier alpha value is -3.52. The molecule has 0 atom stereocenters. The molecule has 0 fully saturated rings. The number of nitrogens with two attached hydrogens (primary N) is 2. The number of hydrogen-bond acceptors (Lipinski definition) is 6. The van der Waals surface area contributed by atoms with Gasteiger partial charge in [0.25, 0.3) is 9.95 Å². The van der Waals surface area contributed by atoms with Gasteiger partial charge in [0, 0.05) is 0 Å². The molecule has 0 heterocycles. The number of benzene rings is 2. The summed E-state index contributed by atoms with van der Waals surface area (Å²) in [6, 6.07) is 13.2. The Labute approximate surface area is 126 Å². The quantitative estimate of drug-likeness (QED) is 0.645. The van der Waals surface area contributed by atoms with Gasteiger partial charge in [-0.1, -0.05) is 24.3 Å². The van der Waals surface area contributed by atoms with Crippen LogP contribution >= 0.6 is 0 Å². The van der Waals surface area contributed by atoms with E-state index in [-0.39, 0.29) is 5.75 Å². The zero-order chi connectivity index (χ0) is 16.0. The summed E-state index contributed by atoms with van der Waals surface area (Å²) >= 11 is 0. The van der Waals surface area contributed by atoms with E-state index in [1.807, 2.05) is 0 Å². The van der Waals surface area contributed by atoms with E-state index in [1.165, 1.54) is 6.07 Å². The van der Waals surface area contributed by atoms with Crippen molar-refractivity contribution < 1.29 is 9.47 Å². The maximum absolute atomic E-state index is 9.17. The van der Waals surface area contributed by atoms with Gasteiger partial charge in [-0.05, 0) is 24.3 Å². The van der Waals surface area contributed by atoms with Crippen molar-refractivity contribution in [3.63, 3.8) is 0 Å². The van der Waals surface area contributed by atoms with Gasteiger partial charge in [0.2, 0.25) is 10.8 Å². The Morgan fingerprint density at radius 1 is 0.864 bits per heavy atom. The van der Waals surface area contributed by atoms with Gasteiger partial charge in [-0.25, -0.2) is 0 Å². The fraction of sp³-hybridized carbons (Fsp3) is 0.143. The molecule has 0 aromatic heterocycles. The molecule has 0 saturated carbocycles. The smallest absolute Gasteiger partial charge is 0.469 e. The summed E-state index contributed by atoms with van der Waals surface area (Å²) in [5, 5.41) is 18.3. The maximum Gasteiger partial charge on any atom is 0.837 e. The van der Waals surface area contributed by atoms with E-state index >= 15 is 0 Å². The number of ether oxygens (including phenoxy) is 2. The van der Waals surface area contributed by atoms with Gasteiger partial charge in [-0.3, -0.25) is 0 Å². The van der Waals surface area contributed by atoms with Gasteiger partial charge in [-0.2, -0.15) is 0 Å². The third kappa shape index (κ3) is 3.14.